The van der Waals surface area contributed by atoms with Crippen LogP contribution in [0.15, 0.2) is 46.9 Å². The van der Waals surface area contributed by atoms with Gasteiger partial charge in [-0.2, -0.15) is 0 Å². The Morgan fingerprint density at radius 1 is 1.19 bits per heavy atom. The number of carbonyl (C=O) groups excluding carboxylic acids is 1. The Balaban J connectivity index is 0.00000182. The van der Waals surface area contributed by atoms with E-state index in [1.807, 2.05) is 49.4 Å². The second kappa shape index (κ2) is 10.1. The first kappa shape index (κ1) is 23.5. The molecule has 0 radical (unpaired) electrons. The van der Waals surface area contributed by atoms with E-state index < -0.39 is 5.54 Å². The number of nitrogens with two attached hydrogens (primary N) is 1. The largest absolute Gasteiger partial charge is 0.465 e. The van der Waals surface area contributed by atoms with E-state index in [9.17, 15) is 4.79 Å². The van der Waals surface area contributed by atoms with Gasteiger partial charge in [0.2, 0.25) is 5.91 Å². The summed E-state index contributed by atoms with van der Waals surface area (Å²) in [5.41, 5.74) is 6.06. The van der Waals surface area contributed by atoms with Gasteiger partial charge in [-0.25, -0.2) is 0 Å². The highest BCUT2D eigenvalue weighted by Gasteiger charge is 2.32. The molecule has 1 aromatic heterocycles. The number of hydrogen-bond acceptors (Lipinski definition) is 4. The van der Waals surface area contributed by atoms with E-state index in [-0.39, 0.29) is 36.8 Å². The molecular weight excluding hydrogens is 385 g/mol. The van der Waals surface area contributed by atoms with Gasteiger partial charge < -0.3 is 15.5 Å². The van der Waals surface area contributed by atoms with Crippen LogP contribution in [0.4, 0.5) is 0 Å². The van der Waals surface area contributed by atoms with Crippen molar-refractivity contribution in [1.29, 1.82) is 0 Å². The van der Waals surface area contributed by atoms with Crippen LogP contribution in [0.2, 0.25) is 0 Å². The van der Waals surface area contributed by atoms with E-state index in [1.165, 1.54) is 12.8 Å². The zero-order chi connectivity index (χ0) is 17.9. The number of nitrogens with one attached hydrogen (secondary N) is 1. The minimum atomic E-state index is -1.06. The molecule has 1 amide bonds. The molecule has 0 bridgehead atoms. The zero-order valence-corrected chi connectivity index (χ0v) is 17.4. The Morgan fingerprint density at radius 2 is 1.81 bits per heavy atom. The summed E-state index contributed by atoms with van der Waals surface area (Å²) in [6, 6.07) is 13.5. The summed E-state index contributed by atoms with van der Waals surface area (Å²) < 4.78 is 5.84. The number of amides is 1. The zero-order valence-electron chi connectivity index (χ0n) is 15.8. The van der Waals surface area contributed by atoms with Gasteiger partial charge in [0.1, 0.15) is 17.1 Å². The van der Waals surface area contributed by atoms with Crippen molar-refractivity contribution in [2.24, 2.45) is 5.73 Å². The molecule has 3 N–H and O–H groups in total. The van der Waals surface area contributed by atoms with Gasteiger partial charge in [-0.3, -0.25) is 9.69 Å². The second-order valence-corrected chi connectivity index (χ2v) is 6.99. The SMILES string of the molecule is Cc1ccc(C(CNC(=O)C(C)(N)c2ccccc2)N2CCCC2)o1.Cl.Cl. The maximum atomic E-state index is 12.7. The molecule has 2 aromatic rings. The minimum Gasteiger partial charge on any atom is -0.465 e. The van der Waals surface area contributed by atoms with Crippen molar-refractivity contribution in [3.8, 4) is 0 Å². The molecular formula is C20H29Cl2N3O2. The lowest BCUT2D eigenvalue weighted by Crippen LogP contribution is -2.50. The van der Waals surface area contributed by atoms with E-state index in [0.717, 1.165) is 30.2 Å². The van der Waals surface area contributed by atoms with Crippen molar-refractivity contribution >= 4 is 30.7 Å². The normalized spacial score (nSPS) is 17.3. The average molecular weight is 414 g/mol. The standard InChI is InChI=1S/C20H27N3O2.2ClH/c1-15-10-11-18(25-15)17(23-12-6-7-13-23)14-22-19(24)20(2,21)16-8-4-3-5-9-16;;/h3-5,8-11,17H,6-7,12-14,21H2,1-2H3,(H,22,24);2*1H. The topological polar surface area (TPSA) is 71.5 Å². The number of likely N-dealkylation sites (tertiary alicyclic amines) is 1. The van der Waals surface area contributed by atoms with Crippen molar-refractivity contribution in [2.45, 2.75) is 38.3 Å². The molecule has 1 aromatic carbocycles. The van der Waals surface area contributed by atoms with Crippen molar-refractivity contribution in [3.05, 3.63) is 59.5 Å². The van der Waals surface area contributed by atoms with Crippen LogP contribution in [-0.4, -0.2) is 30.4 Å². The number of carbonyl (C=O) groups is 1. The molecule has 3 rings (SSSR count). The highest BCUT2D eigenvalue weighted by Crippen LogP contribution is 2.26. The number of nitrogens with zero attached hydrogens (tertiary/aromatic N) is 1. The maximum Gasteiger partial charge on any atom is 0.244 e. The number of hydrogen-bond donors (Lipinski definition) is 2. The first-order chi connectivity index (χ1) is 12.0. The molecule has 150 valence electrons. The monoisotopic (exact) mass is 413 g/mol. The molecule has 5 nitrogen and oxygen atoms in total. The number of rotatable bonds is 6. The summed E-state index contributed by atoms with van der Waals surface area (Å²) in [6.07, 6.45) is 2.37. The summed E-state index contributed by atoms with van der Waals surface area (Å²) in [4.78, 5) is 15.1. The molecule has 0 saturated carbocycles. The van der Waals surface area contributed by atoms with Crippen LogP contribution in [0.25, 0.3) is 0 Å². The molecule has 2 unspecified atom stereocenters. The third kappa shape index (κ3) is 5.48. The van der Waals surface area contributed by atoms with Crippen molar-refractivity contribution in [1.82, 2.24) is 10.2 Å². The number of benzene rings is 1. The average Bonchev–Trinajstić information content (AvgIpc) is 3.28. The van der Waals surface area contributed by atoms with Gasteiger partial charge in [-0.05, 0) is 57.5 Å². The third-order valence-corrected chi connectivity index (χ3v) is 4.97. The molecule has 7 heteroatoms. The van der Waals surface area contributed by atoms with E-state index in [2.05, 4.69) is 10.2 Å². The molecule has 1 fully saturated rings. The van der Waals surface area contributed by atoms with Crippen molar-refractivity contribution < 1.29 is 9.21 Å². The summed E-state index contributed by atoms with van der Waals surface area (Å²) >= 11 is 0. The second-order valence-electron chi connectivity index (χ2n) is 6.99. The van der Waals surface area contributed by atoms with Crippen LogP contribution in [0.3, 0.4) is 0 Å². The molecule has 0 aliphatic carbocycles. The Morgan fingerprint density at radius 3 is 2.37 bits per heavy atom. The Labute approximate surface area is 173 Å². The van der Waals surface area contributed by atoms with Crippen LogP contribution in [0.1, 0.15) is 42.9 Å². The Bertz CT molecular complexity index is 713. The number of halogens is 2. The molecule has 27 heavy (non-hydrogen) atoms. The Hall–Kier alpha value is -1.53. The van der Waals surface area contributed by atoms with E-state index in [4.69, 9.17) is 10.2 Å². The lowest BCUT2D eigenvalue weighted by Gasteiger charge is -2.29. The lowest BCUT2D eigenvalue weighted by atomic mass is 9.92. The van der Waals surface area contributed by atoms with Gasteiger partial charge in [0.25, 0.3) is 0 Å². The molecule has 2 heterocycles. The summed E-state index contributed by atoms with van der Waals surface area (Å²) in [7, 11) is 0. The molecule has 1 aliphatic rings. The van der Waals surface area contributed by atoms with Crippen LogP contribution < -0.4 is 11.1 Å². The molecule has 2 atom stereocenters. The predicted octanol–water partition coefficient (Wildman–Crippen LogP) is 3.56. The smallest absolute Gasteiger partial charge is 0.244 e. The van der Waals surface area contributed by atoms with Gasteiger partial charge >= 0.3 is 0 Å². The molecule has 0 spiro atoms. The molecule has 1 saturated heterocycles. The van der Waals surface area contributed by atoms with E-state index in [1.54, 1.807) is 6.92 Å². The van der Waals surface area contributed by atoms with E-state index >= 15 is 0 Å². The maximum absolute atomic E-state index is 12.7. The van der Waals surface area contributed by atoms with E-state index in [0.29, 0.717) is 6.54 Å². The minimum absolute atomic E-state index is 0. The van der Waals surface area contributed by atoms with Gasteiger partial charge in [-0.1, -0.05) is 30.3 Å². The van der Waals surface area contributed by atoms with Gasteiger partial charge in [-0.15, -0.1) is 24.8 Å². The van der Waals surface area contributed by atoms with Gasteiger partial charge in [0.05, 0.1) is 6.04 Å². The number of aryl methyl sites for hydroxylation is 1. The van der Waals surface area contributed by atoms with Crippen LogP contribution in [0.5, 0.6) is 0 Å². The fraction of sp³-hybridized carbons (Fsp3) is 0.450. The summed E-state index contributed by atoms with van der Waals surface area (Å²) in [6.45, 7) is 6.23. The van der Waals surface area contributed by atoms with Crippen LogP contribution in [0, 0.1) is 6.92 Å². The third-order valence-electron chi connectivity index (χ3n) is 4.97. The fourth-order valence-electron chi connectivity index (χ4n) is 3.38. The lowest BCUT2D eigenvalue weighted by molar-refractivity contribution is -0.126. The Kier molecular flexibility index (Phi) is 8.82. The van der Waals surface area contributed by atoms with Gasteiger partial charge in [0, 0.05) is 6.54 Å². The van der Waals surface area contributed by atoms with Gasteiger partial charge in [0.15, 0.2) is 0 Å². The predicted molar refractivity (Wildman–Crippen MR) is 112 cm³/mol. The first-order valence-corrected chi connectivity index (χ1v) is 8.91. The van der Waals surface area contributed by atoms with Crippen molar-refractivity contribution in [3.63, 3.8) is 0 Å². The summed E-state index contributed by atoms with van der Waals surface area (Å²) in [5.74, 6) is 1.61. The first-order valence-electron chi connectivity index (χ1n) is 8.91. The van der Waals surface area contributed by atoms with Crippen LogP contribution >= 0.6 is 24.8 Å². The fourth-order valence-corrected chi connectivity index (χ4v) is 3.38. The summed E-state index contributed by atoms with van der Waals surface area (Å²) in [5, 5.41) is 3.04. The van der Waals surface area contributed by atoms with Crippen LogP contribution in [-0.2, 0) is 10.3 Å². The molecule has 1 aliphatic heterocycles. The quantitative estimate of drug-likeness (QED) is 0.758. The van der Waals surface area contributed by atoms with Crippen molar-refractivity contribution in [2.75, 3.05) is 19.6 Å². The highest BCUT2D eigenvalue weighted by atomic mass is 35.5. The highest BCUT2D eigenvalue weighted by molar-refractivity contribution is 5.87. The number of furan rings is 1.